The summed E-state index contributed by atoms with van der Waals surface area (Å²) in [5.41, 5.74) is 1.89. The third kappa shape index (κ3) is 4.79. The van der Waals surface area contributed by atoms with Gasteiger partial charge in [0.2, 0.25) is 0 Å². The van der Waals surface area contributed by atoms with E-state index >= 15 is 0 Å². The molecule has 1 fully saturated rings. The van der Waals surface area contributed by atoms with Crippen molar-refractivity contribution in [2.24, 2.45) is 0 Å². The summed E-state index contributed by atoms with van der Waals surface area (Å²) >= 11 is 6.33. The summed E-state index contributed by atoms with van der Waals surface area (Å²) < 4.78 is 5.76. The average molecular weight is 394 g/mol. The van der Waals surface area contributed by atoms with E-state index in [0.717, 1.165) is 11.1 Å². The van der Waals surface area contributed by atoms with Gasteiger partial charge in [-0.2, -0.15) is 0 Å². The van der Waals surface area contributed by atoms with Gasteiger partial charge in [0.15, 0.2) is 0 Å². The predicted octanol–water partition coefficient (Wildman–Crippen LogP) is 1.18. The van der Waals surface area contributed by atoms with Gasteiger partial charge in [0, 0.05) is 13.1 Å². The lowest BCUT2D eigenvalue weighted by atomic mass is 9.94. The van der Waals surface area contributed by atoms with Crippen LogP contribution in [0.15, 0.2) is 48.5 Å². The Hall–Kier alpha value is -1.67. The molecule has 0 amide bonds. The number of piperidine rings is 1. The van der Waals surface area contributed by atoms with Crippen LogP contribution in [-0.4, -0.2) is 62.8 Å². The minimum absolute atomic E-state index is 0.146. The van der Waals surface area contributed by atoms with E-state index in [4.69, 9.17) is 16.3 Å². The summed E-state index contributed by atoms with van der Waals surface area (Å²) in [4.78, 5) is 1.73. The molecule has 0 bridgehead atoms. The van der Waals surface area contributed by atoms with Crippen LogP contribution in [0.5, 0.6) is 5.75 Å². The molecule has 27 heavy (non-hydrogen) atoms. The molecule has 2 aromatic carbocycles. The summed E-state index contributed by atoms with van der Waals surface area (Å²) in [6.45, 7) is 0.601. The van der Waals surface area contributed by atoms with Crippen LogP contribution in [0.4, 0.5) is 0 Å². The van der Waals surface area contributed by atoms with Crippen LogP contribution < -0.4 is 4.74 Å². The number of benzene rings is 2. The molecule has 1 heterocycles. The van der Waals surface area contributed by atoms with Crippen molar-refractivity contribution >= 4 is 11.6 Å². The van der Waals surface area contributed by atoms with Gasteiger partial charge in [-0.05, 0) is 23.3 Å². The summed E-state index contributed by atoms with van der Waals surface area (Å²) in [6.07, 6.45) is -3.56. The van der Waals surface area contributed by atoms with Gasteiger partial charge in [-0.1, -0.05) is 48.0 Å². The Bertz CT molecular complexity index is 744. The predicted molar refractivity (Wildman–Crippen MR) is 102 cm³/mol. The molecule has 0 saturated carbocycles. The van der Waals surface area contributed by atoms with Crippen molar-refractivity contribution in [2.75, 3.05) is 13.2 Å². The zero-order valence-corrected chi connectivity index (χ0v) is 15.5. The monoisotopic (exact) mass is 393 g/mol. The first-order chi connectivity index (χ1) is 13.0. The number of hydrogen-bond acceptors (Lipinski definition) is 6. The van der Waals surface area contributed by atoms with Crippen LogP contribution in [0.3, 0.4) is 0 Å². The Morgan fingerprint density at radius 2 is 1.74 bits per heavy atom. The third-order valence-electron chi connectivity index (χ3n) is 4.84. The molecule has 146 valence electrons. The summed E-state index contributed by atoms with van der Waals surface area (Å²) in [6, 6.07) is 14.5. The highest BCUT2D eigenvalue weighted by Crippen LogP contribution is 2.28. The molecule has 1 aliphatic rings. The van der Waals surface area contributed by atoms with E-state index in [1.807, 2.05) is 36.4 Å². The van der Waals surface area contributed by atoms with Crippen LogP contribution in [0.25, 0.3) is 0 Å². The van der Waals surface area contributed by atoms with E-state index in [-0.39, 0.29) is 13.2 Å². The Morgan fingerprint density at radius 3 is 2.41 bits per heavy atom. The topological polar surface area (TPSA) is 93.4 Å². The van der Waals surface area contributed by atoms with E-state index in [0.29, 0.717) is 23.9 Å². The average Bonchev–Trinajstić information content (AvgIpc) is 2.67. The zero-order chi connectivity index (χ0) is 19.4. The lowest BCUT2D eigenvalue weighted by Gasteiger charge is -2.43. The number of hydrogen-bond donors (Lipinski definition) is 4. The molecule has 1 saturated heterocycles. The van der Waals surface area contributed by atoms with Gasteiger partial charge in [0.25, 0.3) is 0 Å². The Balaban J connectivity index is 1.66. The van der Waals surface area contributed by atoms with Crippen molar-refractivity contribution in [2.45, 2.75) is 37.5 Å². The van der Waals surface area contributed by atoms with E-state index in [1.54, 1.807) is 17.0 Å². The van der Waals surface area contributed by atoms with Crippen LogP contribution in [-0.2, 0) is 13.2 Å². The number of ether oxygens (including phenoxy) is 1. The van der Waals surface area contributed by atoms with Crippen LogP contribution >= 0.6 is 11.6 Å². The molecule has 4 unspecified atom stereocenters. The summed E-state index contributed by atoms with van der Waals surface area (Å²) in [7, 11) is 0. The Morgan fingerprint density at radius 1 is 1.00 bits per heavy atom. The second kappa shape index (κ2) is 9.01. The van der Waals surface area contributed by atoms with Crippen LogP contribution in [0.2, 0.25) is 5.02 Å². The molecule has 3 rings (SSSR count). The van der Waals surface area contributed by atoms with Crippen molar-refractivity contribution in [1.29, 1.82) is 0 Å². The maximum Gasteiger partial charge on any atom is 0.138 e. The summed E-state index contributed by atoms with van der Waals surface area (Å²) in [5, 5.41) is 39.8. The smallest absolute Gasteiger partial charge is 0.138 e. The molecule has 4 N–H and O–H groups in total. The molecule has 0 radical (unpaired) electrons. The van der Waals surface area contributed by atoms with Gasteiger partial charge in [-0.15, -0.1) is 0 Å². The Kier molecular flexibility index (Phi) is 6.70. The number of β-amino-alcohol motifs (C(OH)–C–C–N with tert-alkyl or cyclic N) is 1. The molecule has 0 aromatic heterocycles. The second-order valence-electron chi connectivity index (χ2n) is 6.77. The second-order valence-corrected chi connectivity index (χ2v) is 7.17. The fourth-order valence-electron chi connectivity index (χ4n) is 3.29. The molecule has 4 atom stereocenters. The molecule has 1 aliphatic heterocycles. The highest BCUT2D eigenvalue weighted by molar-refractivity contribution is 6.32. The van der Waals surface area contributed by atoms with Gasteiger partial charge in [0.05, 0.1) is 23.8 Å². The van der Waals surface area contributed by atoms with Gasteiger partial charge in [0.1, 0.15) is 24.6 Å². The molecular weight excluding hydrogens is 370 g/mol. The fourth-order valence-corrected chi connectivity index (χ4v) is 3.55. The molecule has 2 aromatic rings. The SMILES string of the molecule is OCC1C(O)C(O)C(O)CN1Cc1ccc(OCc2ccccc2)c(Cl)c1. The van der Waals surface area contributed by atoms with Crippen molar-refractivity contribution in [3.05, 3.63) is 64.7 Å². The highest BCUT2D eigenvalue weighted by Gasteiger charge is 2.40. The number of aliphatic hydroxyl groups is 4. The number of nitrogens with zero attached hydrogens (tertiary/aromatic N) is 1. The van der Waals surface area contributed by atoms with Crippen LogP contribution in [0.1, 0.15) is 11.1 Å². The molecule has 6 nitrogen and oxygen atoms in total. The van der Waals surface area contributed by atoms with Crippen molar-refractivity contribution < 1.29 is 25.2 Å². The normalized spacial score (nSPS) is 26.1. The zero-order valence-electron chi connectivity index (χ0n) is 14.8. The van der Waals surface area contributed by atoms with Gasteiger partial charge >= 0.3 is 0 Å². The first-order valence-corrected chi connectivity index (χ1v) is 9.21. The lowest BCUT2D eigenvalue weighted by molar-refractivity contribution is -0.147. The number of halogens is 1. The molecular formula is C20H24ClNO5. The molecule has 7 heteroatoms. The first-order valence-electron chi connectivity index (χ1n) is 8.84. The quantitative estimate of drug-likeness (QED) is 0.589. The Labute approximate surface area is 163 Å². The van der Waals surface area contributed by atoms with Crippen molar-refractivity contribution in [3.8, 4) is 5.75 Å². The minimum atomic E-state index is -1.27. The summed E-state index contributed by atoms with van der Waals surface area (Å²) in [5.74, 6) is 0.567. The highest BCUT2D eigenvalue weighted by atomic mass is 35.5. The minimum Gasteiger partial charge on any atom is -0.487 e. The van der Waals surface area contributed by atoms with Crippen molar-refractivity contribution in [3.63, 3.8) is 0 Å². The standard InChI is InChI=1S/C20H24ClNO5/c21-15-8-14(6-7-18(15)27-12-13-4-2-1-3-5-13)9-22-10-17(24)20(26)19(25)16(22)11-23/h1-8,16-17,19-20,23-26H,9-12H2. The number of rotatable bonds is 6. The first kappa shape index (κ1) is 20.1. The van der Waals surface area contributed by atoms with E-state index in [2.05, 4.69) is 0 Å². The van der Waals surface area contributed by atoms with Gasteiger partial charge < -0.3 is 25.2 Å². The van der Waals surface area contributed by atoms with Crippen molar-refractivity contribution in [1.82, 2.24) is 4.90 Å². The van der Waals surface area contributed by atoms with E-state index in [9.17, 15) is 20.4 Å². The maximum absolute atomic E-state index is 10.1. The molecule has 0 aliphatic carbocycles. The van der Waals surface area contributed by atoms with Crippen LogP contribution in [0, 0.1) is 0 Å². The van der Waals surface area contributed by atoms with E-state index in [1.165, 1.54) is 0 Å². The number of likely N-dealkylation sites (tertiary alicyclic amines) is 1. The largest absolute Gasteiger partial charge is 0.487 e. The molecule has 0 spiro atoms. The number of aliphatic hydroxyl groups excluding tert-OH is 4. The van der Waals surface area contributed by atoms with Gasteiger partial charge in [-0.3, -0.25) is 4.90 Å². The van der Waals surface area contributed by atoms with Gasteiger partial charge in [-0.25, -0.2) is 0 Å². The fraction of sp³-hybridized carbons (Fsp3) is 0.400. The third-order valence-corrected chi connectivity index (χ3v) is 5.13. The van der Waals surface area contributed by atoms with E-state index < -0.39 is 24.4 Å². The maximum atomic E-state index is 10.1. The lowest BCUT2D eigenvalue weighted by Crippen LogP contribution is -2.62.